The largest absolute Gasteiger partial charge is 0.452 e. The predicted octanol–water partition coefficient (Wildman–Crippen LogP) is 3.39. The zero-order valence-corrected chi connectivity index (χ0v) is 15.5. The zero-order valence-electron chi connectivity index (χ0n) is 14.8. The van der Waals surface area contributed by atoms with Gasteiger partial charge in [0.2, 0.25) is 0 Å². The van der Waals surface area contributed by atoms with Crippen molar-refractivity contribution in [1.29, 1.82) is 0 Å². The van der Waals surface area contributed by atoms with Crippen LogP contribution in [0, 0.1) is 6.92 Å². The van der Waals surface area contributed by atoms with Crippen LogP contribution in [-0.2, 0) is 9.53 Å². The van der Waals surface area contributed by atoms with Crippen molar-refractivity contribution in [3.8, 4) is 5.69 Å². The number of hydrogen-bond donors (Lipinski definition) is 0. The summed E-state index contributed by atoms with van der Waals surface area (Å²) in [4.78, 5) is 26.5. The molecule has 0 saturated carbocycles. The van der Waals surface area contributed by atoms with Gasteiger partial charge >= 0.3 is 5.97 Å². The summed E-state index contributed by atoms with van der Waals surface area (Å²) in [7, 11) is 0. The quantitative estimate of drug-likeness (QED) is 0.768. The third-order valence-electron chi connectivity index (χ3n) is 4.49. The zero-order chi connectivity index (χ0) is 18.5. The van der Waals surface area contributed by atoms with Crippen LogP contribution >= 0.6 is 11.6 Å². The van der Waals surface area contributed by atoms with E-state index in [9.17, 15) is 9.59 Å². The Kier molecular flexibility index (Phi) is 5.93. The number of amides is 1. The maximum Gasteiger partial charge on any atom is 0.343 e. The highest BCUT2D eigenvalue weighted by Gasteiger charge is 2.24. The van der Waals surface area contributed by atoms with E-state index in [4.69, 9.17) is 16.3 Å². The third kappa shape index (κ3) is 4.07. The number of aromatic nitrogens is 2. The Labute approximate surface area is 157 Å². The molecule has 26 heavy (non-hydrogen) atoms. The van der Waals surface area contributed by atoms with Gasteiger partial charge < -0.3 is 9.64 Å². The molecule has 0 radical (unpaired) electrons. The first-order valence-electron chi connectivity index (χ1n) is 8.83. The molecule has 3 rings (SSSR count). The number of carbonyl (C=O) groups excluding carboxylic acids is 2. The summed E-state index contributed by atoms with van der Waals surface area (Å²) in [5.74, 6) is -0.790. The number of rotatable bonds is 4. The minimum absolute atomic E-state index is 0.163. The van der Waals surface area contributed by atoms with Crippen molar-refractivity contribution in [2.75, 3.05) is 19.7 Å². The van der Waals surface area contributed by atoms with E-state index in [1.54, 1.807) is 11.8 Å². The molecular formula is C19H22ClN3O3. The second-order valence-electron chi connectivity index (χ2n) is 6.37. The molecule has 7 heteroatoms. The lowest BCUT2D eigenvalue weighted by molar-refractivity contribution is -0.134. The highest BCUT2D eigenvalue weighted by Crippen LogP contribution is 2.24. The summed E-state index contributed by atoms with van der Waals surface area (Å²) in [5.41, 5.74) is 1.41. The molecule has 0 atom stereocenters. The lowest BCUT2D eigenvalue weighted by atomic mass is 10.2. The van der Waals surface area contributed by atoms with Gasteiger partial charge in [0.15, 0.2) is 6.61 Å². The molecule has 0 bridgehead atoms. The van der Waals surface area contributed by atoms with Crippen LogP contribution in [0.5, 0.6) is 0 Å². The van der Waals surface area contributed by atoms with Crippen molar-refractivity contribution in [2.24, 2.45) is 0 Å². The average molecular weight is 376 g/mol. The highest BCUT2D eigenvalue weighted by atomic mass is 35.5. The second-order valence-corrected chi connectivity index (χ2v) is 6.73. The number of likely N-dealkylation sites (tertiary alicyclic amines) is 1. The maximum absolute atomic E-state index is 12.5. The first-order chi connectivity index (χ1) is 12.6. The lowest BCUT2D eigenvalue weighted by Gasteiger charge is -2.19. The molecule has 1 aromatic heterocycles. The standard InChI is InChI=1S/C19H22ClN3O3/c1-14-17(18(20)23(21-14)15-9-5-4-6-10-15)19(25)26-13-16(24)22-11-7-2-3-8-12-22/h4-6,9-10H,2-3,7-8,11-13H2,1H3. The first kappa shape index (κ1) is 18.5. The number of benzene rings is 1. The van der Waals surface area contributed by atoms with Crippen LogP contribution in [0.3, 0.4) is 0 Å². The van der Waals surface area contributed by atoms with E-state index >= 15 is 0 Å². The van der Waals surface area contributed by atoms with Crippen LogP contribution in [0.2, 0.25) is 5.15 Å². The molecule has 1 aliphatic rings. The first-order valence-corrected chi connectivity index (χ1v) is 9.21. The second kappa shape index (κ2) is 8.36. The van der Waals surface area contributed by atoms with E-state index in [-0.39, 0.29) is 23.2 Å². The van der Waals surface area contributed by atoms with Crippen molar-refractivity contribution < 1.29 is 14.3 Å². The van der Waals surface area contributed by atoms with Gasteiger partial charge in [-0.05, 0) is 31.9 Å². The van der Waals surface area contributed by atoms with E-state index in [1.807, 2.05) is 30.3 Å². The van der Waals surface area contributed by atoms with Gasteiger partial charge in [-0.25, -0.2) is 9.48 Å². The molecule has 0 unspecified atom stereocenters. The molecular weight excluding hydrogens is 354 g/mol. The summed E-state index contributed by atoms with van der Waals surface area (Å²) in [6.07, 6.45) is 4.26. The van der Waals surface area contributed by atoms with Crippen molar-refractivity contribution in [3.63, 3.8) is 0 Å². The Hall–Kier alpha value is -2.34. The number of nitrogens with zero attached hydrogens (tertiary/aromatic N) is 3. The number of halogens is 1. The SMILES string of the molecule is Cc1nn(-c2ccccc2)c(Cl)c1C(=O)OCC(=O)N1CCCCCC1. The molecule has 2 aromatic rings. The number of carbonyl (C=O) groups is 2. The maximum atomic E-state index is 12.5. The monoisotopic (exact) mass is 375 g/mol. The van der Waals surface area contributed by atoms with Crippen molar-refractivity contribution in [3.05, 3.63) is 46.7 Å². The van der Waals surface area contributed by atoms with Crippen molar-refractivity contribution in [1.82, 2.24) is 14.7 Å². The van der Waals surface area contributed by atoms with E-state index < -0.39 is 5.97 Å². The van der Waals surface area contributed by atoms with E-state index in [0.717, 1.165) is 44.5 Å². The Morgan fingerprint density at radius 3 is 2.42 bits per heavy atom. The fourth-order valence-electron chi connectivity index (χ4n) is 3.08. The fraction of sp³-hybridized carbons (Fsp3) is 0.421. The normalized spacial score (nSPS) is 14.8. The summed E-state index contributed by atoms with van der Waals surface area (Å²) in [6, 6.07) is 9.30. The molecule has 138 valence electrons. The molecule has 1 amide bonds. The number of hydrogen-bond acceptors (Lipinski definition) is 4. The van der Waals surface area contributed by atoms with Crippen LogP contribution in [-0.4, -0.2) is 46.3 Å². The van der Waals surface area contributed by atoms with Gasteiger partial charge in [0, 0.05) is 13.1 Å². The number of ether oxygens (including phenoxy) is 1. The molecule has 0 N–H and O–H groups in total. The van der Waals surface area contributed by atoms with Crippen molar-refractivity contribution in [2.45, 2.75) is 32.6 Å². The van der Waals surface area contributed by atoms with E-state index in [0.29, 0.717) is 5.69 Å². The molecule has 6 nitrogen and oxygen atoms in total. The Bertz CT molecular complexity index is 781. The van der Waals surface area contributed by atoms with Gasteiger partial charge in [0.1, 0.15) is 10.7 Å². The summed E-state index contributed by atoms with van der Waals surface area (Å²) in [5, 5.41) is 4.50. The predicted molar refractivity (Wildman–Crippen MR) is 98.6 cm³/mol. The van der Waals surface area contributed by atoms with Crippen LogP contribution in [0.1, 0.15) is 41.7 Å². The minimum Gasteiger partial charge on any atom is -0.452 e. The Morgan fingerprint density at radius 1 is 1.12 bits per heavy atom. The Balaban J connectivity index is 1.68. The molecule has 1 fully saturated rings. The fourth-order valence-corrected chi connectivity index (χ4v) is 3.43. The summed E-state index contributed by atoms with van der Waals surface area (Å²) in [6.45, 7) is 2.87. The number of para-hydroxylation sites is 1. The molecule has 1 saturated heterocycles. The molecule has 0 spiro atoms. The van der Waals surface area contributed by atoms with E-state index in [2.05, 4.69) is 5.10 Å². The molecule has 1 aromatic carbocycles. The molecule has 0 aliphatic carbocycles. The van der Waals surface area contributed by atoms with Gasteiger partial charge in [-0.1, -0.05) is 42.6 Å². The third-order valence-corrected chi connectivity index (χ3v) is 4.84. The van der Waals surface area contributed by atoms with Gasteiger partial charge in [0.05, 0.1) is 11.4 Å². The van der Waals surface area contributed by atoms with Crippen LogP contribution < -0.4 is 0 Å². The van der Waals surface area contributed by atoms with Gasteiger partial charge in [-0.3, -0.25) is 4.79 Å². The van der Waals surface area contributed by atoms with E-state index in [1.165, 1.54) is 4.68 Å². The molecule has 1 aliphatic heterocycles. The summed E-state index contributed by atoms with van der Waals surface area (Å²) < 4.78 is 6.72. The van der Waals surface area contributed by atoms with Crippen LogP contribution in [0.4, 0.5) is 0 Å². The van der Waals surface area contributed by atoms with Gasteiger partial charge in [-0.15, -0.1) is 0 Å². The van der Waals surface area contributed by atoms with Crippen LogP contribution in [0.15, 0.2) is 30.3 Å². The highest BCUT2D eigenvalue weighted by molar-refractivity contribution is 6.33. The average Bonchev–Trinajstić information content (AvgIpc) is 2.84. The number of esters is 1. The number of aryl methyl sites for hydroxylation is 1. The Morgan fingerprint density at radius 2 is 1.77 bits per heavy atom. The summed E-state index contributed by atoms with van der Waals surface area (Å²) >= 11 is 6.35. The van der Waals surface area contributed by atoms with Gasteiger partial charge in [0.25, 0.3) is 5.91 Å². The van der Waals surface area contributed by atoms with Crippen LogP contribution in [0.25, 0.3) is 5.69 Å². The minimum atomic E-state index is -0.627. The topological polar surface area (TPSA) is 64.4 Å². The smallest absolute Gasteiger partial charge is 0.343 e. The van der Waals surface area contributed by atoms with Gasteiger partial charge in [-0.2, -0.15) is 5.10 Å². The lowest BCUT2D eigenvalue weighted by Crippen LogP contribution is -2.35. The molecule has 2 heterocycles. The van der Waals surface area contributed by atoms with Crippen molar-refractivity contribution >= 4 is 23.5 Å².